The maximum absolute atomic E-state index is 15.1. The highest BCUT2D eigenvalue weighted by molar-refractivity contribution is 8.00. The molecule has 1 aromatic carbocycles. The van der Waals surface area contributed by atoms with Crippen LogP contribution in [0.4, 0.5) is 32.3 Å². The Bertz CT molecular complexity index is 1750. The molecule has 0 bridgehead atoms. The van der Waals surface area contributed by atoms with Crippen LogP contribution in [0.5, 0.6) is 0 Å². The summed E-state index contributed by atoms with van der Waals surface area (Å²) >= 11 is 8.43. The van der Waals surface area contributed by atoms with Gasteiger partial charge in [-0.1, -0.05) is 34.3 Å². The first kappa shape index (κ1) is 35.8. The molecule has 0 saturated carbocycles. The Morgan fingerprint density at radius 2 is 1.78 bits per heavy atom. The van der Waals surface area contributed by atoms with E-state index in [1.54, 1.807) is 18.7 Å². The summed E-state index contributed by atoms with van der Waals surface area (Å²) in [4.78, 5) is 9.95. The number of benzene rings is 1. The van der Waals surface area contributed by atoms with E-state index < -0.39 is 40.5 Å². The Labute approximate surface area is 275 Å². The summed E-state index contributed by atoms with van der Waals surface area (Å²) in [6.07, 6.45) is -0.556. The number of nitrogens with two attached hydrogens (primary N) is 1. The number of halogens is 6. The Morgan fingerprint density at radius 3 is 2.35 bits per heavy atom. The van der Waals surface area contributed by atoms with E-state index in [0.717, 1.165) is 12.3 Å². The molecule has 0 spiro atoms. The van der Waals surface area contributed by atoms with Gasteiger partial charge in [-0.2, -0.15) is 25.3 Å². The lowest BCUT2D eigenvalue weighted by molar-refractivity contribution is -0.0971. The van der Waals surface area contributed by atoms with Gasteiger partial charge in [0.25, 0.3) is 12.3 Å². The molecule has 1 saturated heterocycles. The summed E-state index contributed by atoms with van der Waals surface area (Å²) in [7, 11) is 0. The van der Waals surface area contributed by atoms with E-state index in [1.807, 2.05) is 20.8 Å². The molecule has 1 fully saturated rings. The maximum atomic E-state index is 15.1. The predicted molar refractivity (Wildman–Crippen MR) is 176 cm³/mol. The average Bonchev–Trinajstić information content (AvgIpc) is 3.39. The number of piperidine rings is 1. The fourth-order valence-electron chi connectivity index (χ4n) is 5.43. The molecule has 46 heavy (non-hydrogen) atoms. The van der Waals surface area contributed by atoms with Crippen LogP contribution in [0.1, 0.15) is 52.6 Å². The van der Waals surface area contributed by atoms with Crippen LogP contribution >= 0.6 is 25.3 Å². The molecule has 4 heterocycles. The zero-order valence-corrected chi connectivity index (χ0v) is 28.3. The van der Waals surface area contributed by atoms with E-state index in [-0.39, 0.29) is 45.9 Å². The molecule has 0 radical (unpaired) electrons. The van der Waals surface area contributed by atoms with Crippen LogP contribution < -0.4 is 5.73 Å². The van der Waals surface area contributed by atoms with Gasteiger partial charge in [0, 0.05) is 23.7 Å². The minimum atomic E-state index is -2.65. The summed E-state index contributed by atoms with van der Waals surface area (Å²) < 4.78 is 84.8. The number of nitrogens with zero attached hydrogens (tertiary/aromatic N) is 6. The first-order chi connectivity index (χ1) is 21.1. The number of aryl methyl sites for hydroxylation is 1. The van der Waals surface area contributed by atoms with Gasteiger partial charge in [0.15, 0.2) is 11.6 Å². The highest BCUT2D eigenvalue weighted by atomic mass is 32.2. The van der Waals surface area contributed by atoms with Gasteiger partial charge in [0.1, 0.15) is 11.3 Å². The van der Waals surface area contributed by atoms with Crippen LogP contribution in [-0.4, -0.2) is 58.6 Å². The number of anilines is 1. The van der Waals surface area contributed by atoms with E-state index in [2.05, 4.69) is 46.9 Å². The first-order valence-electron chi connectivity index (χ1n) is 14.6. The van der Waals surface area contributed by atoms with E-state index in [0.29, 0.717) is 36.3 Å². The lowest BCUT2D eigenvalue weighted by Gasteiger charge is -2.41. The molecule has 1 atom stereocenters. The number of imidazole rings is 1. The van der Waals surface area contributed by atoms with Crippen LogP contribution in [0.15, 0.2) is 30.6 Å². The van der Waals surface area contributed by atoms with Crippen molar-refractivity contribution in [2.24, 2.45) is 11.3 Å². The number of hydrogen-bond acceptors (Lipinski definition) is 7. The van der Waals surface area contributed by atoms with Crippen molar-refractivity contribution in [1.82, 2.24) is 29.0 Å². The molecule has 15 heteroatoms. The second kappa shape index (κ2) is 12.9. The molecular formula is C31H39F6N7S2. The third-order valence-electron chi connectivity index (χ3n) is 7.86. The van der Waals surface area contributed by atoms with Gasteiger partial charge in [0.05, 0.1) is 40.1 Å². The highest BCUT2D eigenvalue weighted by Gasteiger charge is 2.43. The predicted octanol–water partition coefficient (Wildman–Crippen LogP) is 7.82. The highest BCUT2D eigenvalue weighted by Crippen LogP contribution is 2.38. The second-order valence-electron chi connectivity index (χ2n) is 13.1. The number of aromatic nitrogens is 5. The van der Waals surface area contributed by atoms with Crippen molar-refractivity contribution in [3.05, 3.63) is 53.8 Å². The van der Waals surface area contributed by atoms with Crippen molar-refractivity contribution >= 4 is 47.8 Å². The van der Waals surface area contributed by atoms with Gasteiger partial charge in [-0.3, -0.25) is 0 Å². The van der Waals surface area contributed by atoms with E-state index in [4.69, 9.17) is 5.73 Å². The Kier molecular flexibility index (Phi) is 10.00. The molecule has 5 rings (SSSR count). The van der Waals surface area contributed by atoms with Crippen LogP contribution in [0.2, 0.25) is 0 Å². The second-order valence-corrected chi connectivity index (χ2v) is 15.3. The molecular weight excluding hydrogens is 649 g/mol. The summed E-state index contributed by atoms with van der Waals surface area (Å²) in [6.45, 7) is 14.3. The van der Waals surface area contributed by atoms with Crippen LogP contribution in [-0.2, 0) is 13.0 Å². The lowest BCUT2D eigenvalue weighted by atomic mass is 9.89. The summed E-state index contributed by atoms with van der Waals surface area (Å²) in [5, 5.41) is 4.05. The van der Waals surface area contributed by atoms with Crippen molar-refractivity contribution in [3.63, 3.8) is 0 Å². The molecule has 0 amide bonds. The topological polar surface area (TPSA) is 77.3 Å². The van der Waals surface area contributed by atoms with Crippen molar-refractivity contribution < 1.29 is 26.3 Å². The zero-order chi connectivity index (χ0) is 34.5. The van der Waals surface area contributed by atoms with Gasteiger partial charge >= 0.3 is 0 Å². The number of alkyl halides is 4. The number of hydrogen-bond donors (Lipinski definition) is 3. The van der Waals surface area contributed by atoms with Gasteiger partial charge in [-0.05, 0) is 49.8 Å². The number of thiol groups is 2. The van der Waals surface area contributed by atoms with Crippen LogP contribution in [0.3, 0.4) is 0 Å². The number of fused-ring (bicyclic) bond motifs is 2. The van der Waals surface area contributed by atoms with Gasteiger partial charge < -0.3 is 15.2 Å². The summed E-state index contributed by atoms with van der Waals surface area (Å²) in [5.41, 5.74) is 7.42. The molecule has 1 unspecified atom stereocenters. The number of nitrogen functional groups attached to an aromatic ring is 1. The molecule has 0 aliphatic carbocycles. The smallest absolute Gasteiger partial charge is 0.267 e. The molecule has 1 aliphatic heterocycles. The standard InChI is InChI=1S/C21H22F4N6.C10H17F2NS2/c1-10-27-18-12(22)5-11(6-15(18)30(10)9-16(24)25)17-13(23)8-31-19(17)14(7-21(2,3)4)28-20(26)29-31;1-7-4-5-13(6-10(7,11)12)8(2)9(3,14)15/h5-6,8,16H,7,9H2,1-4H3,(H2,26,29);7,14-15H,2,4-6H2,1,3H3. The maximum Gasteiger partial charge on any atom is 0.267 e. The Morgan fingerprint density at radius 1 is 1.13 bits per heavy atom. The average molecular weight is 688 g/mol. The minimum absolute atomic E-state index is 0.0134. The van der Waals surface area contributed by atoms with Crippen LogP contribution in [0, 0.1) is 29.9 Å². The third-order valence-corrected chi connectivity index (χ3v) is 8.38. The summed E-state index contributed by atoms with van der Waals surface area (Å²) in [5.74, 6) is -4.35. The van der Waals surface area contributed by atoms with E-state index >= 15 is 4.39 Å². The summed E-state index contributed by atoms with van der Waals surface area (Å²) in [6, 6.07) is 2.62. The van der Waals surface area contributed by atoms with Crippen molar-refractivity contribution in [3.8, 4) is 11.1 Å². The Hall–Kier alpha value is -3.07. The van der Waals surface area contributed by atoms with Crippen molar-refractivity contribution in [2.75, 3.05) is 18.8 Å². The van der Waals surface area contributed by atoms with E-state index in [9.17, 15) is 22.0 Å². The molecule has 2 N–H and O–H groups in total. The van der Waals surface area contributed by atoms with E-state index in [1.165, 1.54) is 22.1 Å². The number of rotatable bonds is 6. The molecule has 3 aromatic heterocycles. The van der Waals surface area contributed by atoms with Gasteiger partial charge in [-0.25, -0.2) is 40.8 Å². The van der Waals surface area contributed by atoms with Crippen LogP contribution in [0.25, 0.3) is 27.7 Å². The van der Waals surface area contributed by atoms with Gasteiger partial charge in [0.2, 0.25) is 5.95 Å². The SMILES string of the molecule is C=C(N1CCC(C)C(F)(F)C1)C(C)(S)S.Cc1nc2c(F)cc(-c3c(F)cn4nc(N)nc(CC(C)(C)C)c34)cc2n1CC(F)F. The number of likely N-dealkylation sites (tertiary alicyclic amines) is 1. The molecule has 7 nitrogen and oxygen atoms in total. The molecule has 1 aliphatic rings. The molecule has 252 valence electrons. The largest absolute Gasteiger partial charge is 0.367 e. The fraction of sp³-hybridized carbons (Fsp3) is 0.516. The minimum Gasteiger partial charge on any atom is -0.367 e. The fourth-order valence-corrected chi connectivity index (χ4v) is 5.72. The monoisotopic (exact) mass is 687 g/mol. The van der Waals surface area contributed by atoms with Crippen molar-refractivity contribution in [2.45, 2.75) is 77.4 Å². The Balaban J connectivity index is 0.000000270. The lowest BCUT2D eigenvalue weighted by Crippen LogP contribution is -2.48. The quantitative estimate of drug-likeness (QED) is 0.110. The normalized spacial score (nSPS) is 17.1. The van der Waals surface area contributed by atoms with Gasteiger partial charge in [-0.15, -0.1) is 5.10 Å². The third kappa shape index (κ3) is 7.72. The van der Waals surface area contributed by atoms with Crippen molar-refractivity contribution in [1.29, 1.82) is 0 Å². The zero-order valence-electron chi connectivity index (χ0n) is 26.6. The molecule has 4 aromatic rings. The first-order valence-corrected chi connectivity index (χ1v) is 15.5.